The Hall–Kier alpha value is -3.13. The molecular weight excluding hydrogens is 368 g/mol. The van der Waals surface area contributed by atoms with Crippen molar-refractivity contribution in [1.29, 1.82) is 0 Å². The maximum absolute atomic E-state index is 13.2. The van der Waals surface area contributed by atoms with Gasteiger partial charge in [-0.05, 0) is 36.8 Å². The van der Waals surface area contributed by atoms with Crippen molar-refractivity contribution in [2.75, 3.05) is 17.4 Å². The normalized spacial score (nSPS) is 10.9. The zero-order valence-corrected chi connectivity index (χ0v) is 15.5. The molecule has 8 heteroatoms. The van der Waals surface area contributed by atoms with E-state index in [0.29, 0.717) is 0 Å². The number of hydrogen-bond donors (Lipinski definition) is 1. The summed E-state index contributed by atoms with van der Waals surface area (Å²) in [6.07, 6.45) is 1.41. The van der Waals surface area contributed by atoms with E-state index in [0.717, 1.165) is 9.87 Å². The van der Waals surface area contributed by atoms with Gasteiger partial charge in [-0.15, -0.1) is 6.58 Å². The molecule has 0 atom stereocenters. The Morgan fingerprint density at radius 1 is 1.19 bits per heavy atom. The highest BCUT2D eigenvalue weighted by atomic mass is 32.2. The molecule has 0 spiro atoms. The summed E-state index contributed by atoms with van der Waals surface area (Å²) in [4.78, 5) is 23.0. The maximum Gasteiger partial charge on any atom is 0.264 e. The van der Waals surface area contributed by atoms with Crippen molar-refractivity contribution in [3.05, 3.63) is 72.3 Å². The fourth-order valence-electron chi connectivity index (χ4n) is 2.48. The third kappa shape index (κ3) is 4.73. The molecule has 0 bridgehead atoms. The van der Waals surface area contributed by atoms with Crippen LogP contribution in [0.4, 0.5) is 5.69 Å². The molecule has 0 radical (unpaired) electrons. The van der Waals surface area contributed by atoms with E-state index in [-0.39, 0.29) is 22.7 Å². The molecule has 2 aromatic carbocycles. The number of anilines is 1. The highest BCUT2D eigenvalue weighted by Gasteiger charge is 2.27. The Labute approximate surface area is 158 Å². The second-order valence-electron chi connectivity index (χ2n) is 5.71. The molecule has 2 aromatic rings. The monoisotopic (exact) mass is 387 g/mol. The van der Waals surface area contributed by atoms with Crippen LogP contribution in [0.15, 0.2) is 66.1 Å². The predicted octanol–water partition coefficient (Wildman–Crippen LogP) is 0.856. The van der Waals surface area contributed by atoms with Crippen LogP contribution < -0.4 is 14.7 Å². The summed E-state index contributed by atoms with van der Waals surface area (Å²) < 4.78 is 27.4. The summed E-state index contributed by atoms with van der Waals surface area (Å²) in [5.74, 6) is -2.17. The minimum atomic E-state index is -3.97. The number of carboxylic acids is 1. The van der Waals surface area contributed by atoms with Crippen molar-refractivity contribution in [3.8, 4) is 0 Å². The average molecular weight is 387 g/mol. The van der Waals surface area contributed by atoms with Crippen molar-refractivity contribution in [2.24, 2.45) is 0 Å². The summed E-state index contributed by atoms with van der Waals surface area (Å²) in [6, 6.07) is 12.5. The first kappa shape index (κ1) is 20.2. The van der Waals surface area contributed by atoms with Crippen LogP contribution in [0, 0.1) is 6.92 Å². The molecule has 27 heavy (non-hydrogen) atoms. The molecule has 142 valence electrons. The number of rotatable bonds is 8. The first-order chi connectivity index (χ1) is 12.8. The quantitative estimate of drug-likeness (QED) is 0.676. The van der Waals surface area contributed by atoms with Gasteiger partial charge in [0.25, 0.3) is 15.9 Å². The van der Waals surface area contributed by atoms with Gasteiger partial charge >= 0.3 is 0 Å². The number of nitrogens with zero attached hydrogens (tertiary/aromatic N) is 1. The third-order valence-electron chi connectivity index (χ3n) is 3.68. The molecular formula is C19H19N2O5S-. The van der Waals surface area contributed by atoms with E-state index in [1.54, 1.807) is 31.2 Å². The average Bonchev–Trinajstić information content (AvgIpc) is 2.64. The number of carbonyl (C=O) groups is 2. The van der Waals surface area contributed by atoms with Gasteiger partial charge in [0.05, 0.1) is 35.2 Å². The van der Waals surface area contributed by atoms with Crippen molar-refractivity contribution in [1.82, 2.24) is 5.32 Å². The molecule has 0 saturated heterocycles. The summed E-state index contributed by atoms with van der Waals surface area (Å²) >= 11 is 0. The van der Waals surface area contributed by atoms with E-state index in [1.165, 1.54) is 30.3 Å². The molecule has 0 saturated carbocycles. The van der Waals surface area contributed by atoms with Gasteiger partial charge in [0.15, 0.2) is 0 Å². The summed E-state index contributed by atoms with van der Waals surface area (Å²) in [5, 5.41) is 12.8. The summed E-state index contributed by atoms with van der Waals surface area (Å²) in [7, 11) is -3.97. The molecule has 0 aliphatic carbocycles. The second kappa shape index (κ2) is 8.50. The lowest BCUT2D eigenvalue weighted by atomic mass is 10.1. The van der Waals surface area contributed by atoms with E-state index in [4.69, 9.17) is 0 Å². The SMILES string of the molecule is C=CCN(c1ccccc1C(=O)NCC(=O)[O-])S(=O)(=O)c1cccc(C)c1. The minimum Gasteiger partial charge on any atom is -0.548 e. The van der Waals surface area contributed by atoms with E-state index in [9.17, 15) is 23.1 Å². The van der Waals surface area contributed by atoms with E-state index in [1.807, 2.05) is 0 Å². The van der Waals surface area contributed by atoms with Crippen LogP contribution in [-0.2, 0) is 14.8 Å². The van der Waals surface area contributed by atoms with Gasteiger partial charge in [0.1, 0.15) is 0 Å². The standard InChI is InChI=1S/C19H20N2O5S/c1-3-11-21(27(25,26)15-8-6-7-14(2)12-15)17-10-5-4-9-16(17)19(24)20-13-18(22)23/h3-10,12H,1,11,13H2,2H3,(H,20,24)(H,22,23)/p-1. The molecule has 1 N–H and O–H groups in total. The molecule has 0 fully saturated rings. The Kier molecular flexibility index (Phi) is 6.36. The number of benzene rings is 2. The predicted molar refractivity (Wildman–Crippen MR) is 99.7 cm³/mol. The van der Waals surface area contributed by atoms with Gasteiger partial charge < -0.3 is 15.2 Å². The number of para-hydroxylation sites is 1. The zero-order chi connectivity index (χ0) is 20.0. The van der Waals surface area contributed by atoms with Crippen molar-refractivity contribution in [2.45, 2.75) is 11.8 Å². The van der Waals surface area contributed by atoms with Crippen LogP contribution in [0.2, 0.25) is 0 Å². The number of carboxylic acid groups (broad SMARTS) is 1. The fraction of sp³-hybridized carbons (Fsp3) is 0.158. The number of hydrogen-bond acceptors (Lipinski definition) is 5. The second-order valence-corrected chi connectivity index (χ2v) is 7.58. The van der Waals surface area contributed by atoms with Crippen LogP contribution in [0.25, 0.3) is 0 Å². The minimum absolute atomic E-state index is 0.0248. The Balaban J connectivity index is 2.53. The topological polar surface area (TPSA) is 107 Å². The smallest absolute Gasteiger partial charge is 0.264 e. The van der Waals surface area contributed by atoms with Crippen molar-refractivity contribution >= 4 is 27.6 Å². The summed E-state index contributed by atoms with van der Waals surface area (Å²) in [6.45, 7) is 4.62. The van der Waals surface area contributed by atoms with Crippen LogP contribution in [0.3, 0.4) is 0 Å². The van der Waals surface area contributed by atoms with Crippen molar-refractivity contribution < 1.29 is 23.1 Å². The first-order valence-corrected chi connectivity index (χ1v) is 9.48. The van der Waals surface area contributed by atoms with E-state index in [2.05, 4.69) is 11.9 Å². The van der Waals surface area contributed by atoms with Crippen LogP contribution in [0.1, 0.15) is 15.9 Å². The van der Waals surface area contributed by atoms with Crippen LogP contribution in [-0.4, -0.2) is 33.4 Å². The van der Waals surface area contributed by atoms with Crippen molar-refractivity contribution in [3.63, 3.8) is 0 Å². The summed E-state index contributed by atoms with van der Waals surface area (Å²) in [5.41, 5.74) is 0.918. The molecule has 0 unspecified atom stereocenters. The number of nitrogens with one attached hydrogen (secondary N) is 1. The molecule has 0 heterocycles. The van der Waals surface area contributed by atoms with Gasteiger partial charge in [0.2, 0.25) is 0 Å². The molecule has 1 amide bonds. The number of sulfonamides is 1. The molecule has 0 aliphatic rings. The maximum atomic E-state index is 13.2. The van der Waals surface area contributed by atoms with Gasteiger partial charge in [-0.2, -0.15) is 0 Å². The van der Waals surface area contributed by atoms with Gasteiger partial charge in [-0.3, -0.25) is 9.10 Å². The molecule has 7 nitrogen and oxygen atoms in total. The lowest BCUT2D eigenvalue weighted by Gasteiger charge is -2.25. The largest absolute Gasteiger partial charge is 0.548 e. The van der Waals surface area contributed by atoms with Gasteiger partial charge in [-0.1, -0.05) is 30.3 Å². The first-order valence-electron chi connectivity index (χ1n) is 8.04. The van der Waals surface area contributed by atoms with Crippen LogP contribution in [0.5, 0.6) is 0 Å². The van der Waals surface area contributed by atoms with Gasteiger partial charge in [0, 0.05) is 0 Å². The molecule has 2 rings (SSSR count). The number of amides is 1. The highest BCUT2D eigenvalue weighted by Crippen LogP contribution is 2.27. The fourth-order valence-corrected chi connectivity index (χ4v) is 4.04. The van der Waals surface area contributed by atoms with Gasteiger partial charge in [-0.25, -0.2) is 8.42 Å². The van der Waals surface area contributed by atoms with Crippen LogP contribution >= 0.6 is 0 Å². The Bertz CT molecular complexity index is 970. The van der Waals surface area contributed by atoms with E-state index < -0.39 is 28.4 Å². The Morgan fingerprint density at radius 3 is 2.52 bits per heavy atom. The number of carbonyl (C=O) groups excluding carboxylic acids is 2. The highest BCUT2D eigenvalue weighted by molar-refractivity contribution is 7.92. The Morgan fingerprint density at radius 2 is 1.89 bits per heavy atom. The lowest BCUT2D eigenvalue weighted by molar-refractivity contribution is -0.303. The lowest BCUT2D eigenvalue weighted by Crippen LogP contribution is -2.39. The third-order valence-corrected chi connectivity index (χ3v) is 5.46. The molecule has 0 aromatic heterocycles. The van der Waals surface area contributed by atoms with E-state index >= 15 is 0 Å². The zero-order valence-electron chi connectivity index (χ0n) is 14.7. The number of aliphatic carboxylic acids is 1. The number of aryl methyl sites for hydroxylation is 1. The molecule has 0 aliphatic heterocycles.